The third-order valence-corrected chi connectivity index (χ3v) is 7.88. The van der Waals surface area contributed by atoms with Gasteiger partial charge in [0.2, 0.25) is 11.8 Å². The molecule has 3 aromatic rings. The van der Waals surface area contributed by atoms with Gasteiger partial charge in [-0.25, -0.2) is 0 Å². The molecule has 234 valence electrons. The molecule has 4 atom stereocenters. The second-order valence-electron chi connectivity index (χ2n) is 11.0. The normalized spacial score (nSPS) is 18.2. The van der Waals surface area contributed by atoms with Crippen LogP contribution in [0.4, 0.5) is 5.69 Å². The number of benzene rings is 2. The van der Waals surface area contributed by atoms with Crippen molar-refractivity contribution in [3.8, 4) is 5.75 Å². The summed E-state index contributed by atoms with van der Waals surface area (Å²) in [4.78, 5) is 66.6. The quantitative estimate of drug-likeness (QED) is 0.101. The van der Waals surface area contributed by atoms with E-state index in [1.165, 1.54) is 6.07 Å². The van der Waals surface area contributed by atoms with Gasteiger partial charge < -0.3 is 31.5 Å². The molecule has 2 heterocycles. The van der Waals surface area contributed by atoms with Crippen molar-refractivity contribution in [2.45, 2.75) is 50.0 Å². The molecule has 1 aliphatic carbocycles. The maximum atomic E-state index is 13.6. The Bertz CT molecular complexity index is 1590. The smallest absolute Gasteiger partial charge is 0.310 e. The lowest BCUT2D eigenvalue weighted by Gasteiger charge is -2.25. The zero-order valence-electron chi connectivity index (χ0n) is 24.0. The zero-order valence-corrected chi connectivity index (χ0v) is 24.0. The molecule has 0 radical (unpaired) electrons. The molecule has 1 unspecified atom stereocenters. The van der Waals surface area contributed by atoms with E-state index < -0.39 is 64.3 Å². The third kappa shape index (κ3) is 7.59. The number of fused-ring (bicyclic) bond motifs is 1. The summed E-state index contributed by atoms with van der Waals surface area (Å²) >= 11 is 0. The first kappa shape index (κ1) is 31.1. The van der Waals surface area contributed by atoms with Crippen molar-refractivity contribution in [2.75, 3.05) is 6.54 Å². The Hall–Kier alpha value is -5.37. The Balaban J connectivity index is 1.26. The largest absolute Gasteiger partial charge is 0.502 e. The lowest BCUT2D eigenvalue weighted by atomic mass is 9.95. The second kappa shape index (κ2) is 13.5. The van der Waals surface area contributed by atoms with Crippen LogP contribution < -0.4 is 21.7 Å². The van der Waals surface area contributed by atoms with Crippen LogP contribution in [0.5, 0.6) is 5.75 Å². The lowest BCUT2D eigenvalue weighted by Crippen LogP contribution is -2.56. The van der Waals surface area contributed by atoms with E-state index in [-0.39, 0.29) is 24.4 Å². The fourth-order valence-corrected chi connectivity index (χ4v) is 5.52. The molecule has 0 spiro atoms. The zero-order chi connectivity index (χ0) is 32.1. The number of hydrogen-bond donors (Lipinski definition) is 5. The summed E-state index contributed by atoms with van der Waals surface area (Å²) in [6.45, 7) is 0.272. The lowest BCUT2D eigenvalue weighted by molar-refractivity contribution is -0.385. The van der Waals surface area contributed by atoms with E-state index in [1.807, 2.05) is 36.4 Å². The average Bonchev–Trinajstić information content (AvgIpc) is 3.72. The van der Waals surface area contributed by atoms with E-state index in [4.69, 9.17) is 10.5 Å². The number of epoxide rings is 1. The number of carbonyl (C=O) groups is 4. The molecule has 6 N–H and O–H groups in total. The number of nitrogens with one attached hydrogen (secondary N) is 3. The average molecular weight is 617 g/mol. The number of phenols is 1. The minimum atomic E-state index is -1.33. The first-order valence-corrected chi connectivity index (χ1v) is 14.4. The maximum Gasteiger partial charge on any atom is 0.310 e. The fourth-order valence-electron chi connectivity index (χ4n) is 5.52. The minimum Gasteiger partial charge on any atom is -0.502 e. The van der Waals surface area contributed by atoms with E-state index in [9.17, 15) is 34.4 Å². The third-order valence-electron chi connectivity index (χ3n) is 7.88. The van der Waals surface area contributed by atoms with Crippen LogP contribution in [0.15, 0.2) is 66.9 Å². The number of carbonyl (C=O) groups excluding carboxylic acids is 4. The molecule has 0 bridgehead atoms. The van der Waals surface area contributed by atoms with Crippen LogP contribution in [0.3, 0.4) is 0 Å². The number of amides is 4. The molecule has 45 heavy (non-hydrogen) atoms. The summed E-state index contributed by atoms with van der Waals surface area (Å²) in [6, 6.07) is 14.3. The predicted molar refractivity (Wildman–Crippen MR) is 158 cm³/mol. The van der Waals surface area contributed by atoms with Gasteiger partial charge in [0, 0.05) is 37.3 Å². The van der Waals surface area contributed by atoms with Gasteiger partial charge in [0.05, 0.1) is 4.92 Å². The monoisotopic (exact) mass is 616 g/mol. The summed E-state index contributed by atoms with van der Waals surface area (Å²) in [6.07, 6.45) is 0.676. The van der Waals surface area contributed by atoms with Gasteiger partial charge in [0.25, 0.3) is 11.8 Å². The molecule has 14 heteroatoms. The van der Waals surface area contributed by atoms with Crippen molar-refractivity contribution in [1.29, 1.82) is 0 Å². The van der Waals surface area contributed by atoms with Crippen LogP contribution >= 0.6 is 0 Å². The Morgan fingerprint density at radius 2 is 1.69 bits per heavy atom. The van der Waals surface area contributed by atoms with E-state index in [2.05, 4.69) is 20.9 Å². The first-order valence-electron chi connectivity index (χ1n) is 14.4. The fraction of sp³-hybridized carbons (Fsp3) is 0.323. The standard InChI is InChI=1S/C31H32N6O8/c32-28(39)25(20-15-18-5-1-2-6-19(18)16-20)36-29(40)22(13-17-8-9-24(38)23(14-17)37(43)44)35-31(42)27-26(45-27)30(41)34-12-10-21-7-3-4-11-33-21/h1-9,11,14,20,22,25-27,38H,10,12-13,15-16H2,(H2,32,39)(H,34,41)(H,35,42)(H,36,40)/t22-,25-,26+,27?/m1/s1. The number of nitrogens with zero attached hydrogens (tertiary/aromatic N) is 2. The summed E-state index contributed by atoms with van der Waals surface area (Å²) < 4.78 is 5.31. The highest BCUT2D eigenvalue weighted by Gasteiger charge is 2.51. The van der Waals surface area contributed by atoms with Crippen LogP contribution in [0.2, 0.25) is 0 Å². The number of aromatic nitrogens is 1. The van der Waals surface area contributed by atoms with Gasteiger partial charge in [0.1, 0.15) is 12.1 Å². The van der Waals surface area contributed by atoms with Crippen molar-refractivity contribution in [2.24, 2.45) is 11.7 Å². The molecule has 1 aliphatic heterocycles. The summed E-state index contributed by atoms with van der Waals surface area (Å²) in [5.41, 5.74) is 8.24. The van der Waals surface area contributed by atoms with Crippen LogP contribution in [0.1, 0.15) is 22.4 Å². The van der Waals surface area contributed by atoms with Gasteiger partial charge >= 0.3 is 5.69 Å². The molecule has 1 fully saturated rings. The number of nitrogens with two attached hydrogens (primary N) is 1. The number of nitro groups is 1. The van der Waals surface area contributed by atoms with Gasteiger partial charge in [-0.15, -0.1) is 0 Å². The number of aromatic hydroxyl groups is 1. The van der Waals surface area contributed by atoms with Crippen molar-refractivity contribution in [3.63, 3.8) is 0 Å². The Labute approximate surface area is 257 Å². The SMILES string of the molecule is NC(=O)[C@H](NC(=O)[C@@H](Cc1ccc(O)c([N+](=O)[O-])c1)NC(=O)C1O[C@@H]1C(=O)NCCc1ccccn1)C1Cc2ccccc2C1. The van der Waals surface area contributed by atoms with E-state index in [0.717, 1.165) is 29.0 Å². The molecule has 0 saturated carbocycles. The molecular weight excluding hydrogens is 584 g/mol. The van der Waals surface area contributed by atoms with E-state index in [1.54, 1.807) is 12.3 Å². The van der Waals surface area contributed by atoms with Crippen molar-refractivity contribution < 1.29 is 33.9 Å². The van der Waals surface area contributed by atoms with Crippen LogP contribution in [0, 0.1) is 16.0 Å². The summed E-state index contributed by atoms with van der Waals surface area (Å²) in [7, 11) is 0. The Morgan fingerprint density at radius 1 is 1.00 bits per heavy atom. The number of nitro benzene ring substituents is 1. The number of primary amides is 1. The molecule has 2 aliphatic rings. The Morgan fingerprint density at radius 3 is 2.33 bits per heavy atom. The highest BCUT2D eigenvalue weighted by molar-refractivity contribution is 5.98. The van der Waals surface area contributed by atoms with Crippen LogP contribution in [-0.4, -0.2) is 69.5 Å². The predicted octanol–water partition coefficient (Wildman–Crippen LogP) is 0.234. The van der Waals surface area contributed by atoms with Gasteiger partial charge in [0.15, 0.2) is 18.0 Å². The molecule has 1 saturated heterocycles. The highest BCUT2D eigenvalue weighted by Crippen LogP contribution is 2.30. The van der Waals surface area contributed by atoms with Crippen LogP contribution in [-0.2, 0) is 49.6 Å². The highest BCUT2D eigenvalue weighted by atomic mass is 16.6. The summed E-state index contributed by atoms with van der Waals surface area (Å²) in [5, 5.41) is 29.1. The molecular formula is C31H32N6O8. The minimum absolute atomic E-state index is 0.233. The number of pyridine rings is 1. The van der Waals surface area contributed by atoms with E-state index >= 15 is 0 Å². The van der Waals surface area contributed by atoms with Crippen molar-refractivity contribution in [1.82, 2.24) is 20.9 Å². The summed E-state index contributed by atoms with van der Waals surface area (Å²) in [5.74, 6) is -3.64. The van der Waals surface area contributed by atoms with E-state index in [0.29, 0.717) is 19.3 Å². The molecule has 2 aromatic carbocycles. The number of rotatable bonds is 13. The van der Waals surface area contributed by atoms with Crippen molar-refractivity contribution >= 4 is 29.3 Å². The van der Waals surface area contributed by atoms with Crippen LogP contribution in [0.25, 0.3) is 0 Å². The van der Waals surface area contributed by atoms with Gasteiger partial charge in [-0.3, -0.25) is 34.3 Å². The molecule has 14 nitrogen and oxygen atoms in total. The number of ether oxygens (including phenoxy) is 1. The maximum absolute atomic E-state index is 13.6. The Kier molecular flexibility index (Phi) is 9.33. The topological polar surface area (TPSA) is 219 Å². The second-order valence-corrected chi connectivity index (χ2v) is 11.0. The number of hydrogen-bond acceptors (Lipinski definition) is 9. The van der Waals surface area contributed by atoms with Gasteiger partial charge in [-0.05, 0) is 53.6 Å². The van der Waals surface area contributed by atoms with Crippen molar-refractivity contribution in [3.05, 3.63) is 99.4 Å². The van der Waals surface area contributed by atoms with Gasteiger partial charge in [-0.1, -0.05) is 36.4 Å². The van der Waals surface area contributed by atoms with Gasteiger partial charge in [-0.2, -0.15) is 0 Å². The number of phenolic OH excluding ortho intramolecular Hbond substituents is 1. The molecule has 4 amide bonds. The molecule has 1 aromatic heterocycles. The molecule has 5 rings (SSSR count). The first-order chi connectivity index (χ1) is 21.6.